The molecule has 1 heterocycles. The molecule has 0 aliphatic carbocycles. The van der Waals surface area contributed by atoms with Gasteiger partial charge in [-0.25, -0.2) is 4.98 Å². The number of aromatic nitrogens is 2. The molecule has 0 spiro atoms. The smallest absolute Gasteiger partial charge is 0.167 e. The van der Waals surface area contributed by atoms with E-state index in [0.717, 1.165) is 0 Å². The van der Waals surface area contributed by atoms with Crippen LogP contribution in [-0.2, 0) is 11.8 Å². The van der Waals surface area contributed by atoms with Crippen LogP contribution in [0.15, 0.2) is 12.5 Å². The van der Waals surface area contributed by atoms with Crippen molar-refractivity contribution in [3.8, 4) is 0 Å². The lowest BCUT2D eigenvalue weighted by Gasteiger charge is -2.08. The average molecular weight is 155 g/mol. The van der Waals surface area contributed by atoms with Gasteiger partial charge in [0.25, 0.3) is 0 Å². The lowest BCUT2D eigenvalue weighted by molar-refractivity contribution is -0.444. The molecule has 0 amide bonds. The molecular weight excluding hydrogens is 146 g/mol. The number of aryl methyl sites for hydroxylation is 1. The van der Waals surface area contributed by atoms with Crippen molar-refractivity contribution in [2.24, 2.45) is 7.05 Å². The van der Waals surface area contributed by atoms with Gasteiger partial charge in [-0.15, -0.1) is 0 Å². The summed E-state index contributed by atoms with van der Waals surface area (Å²) in [4.78, 5) is 14.1. The van der Waals surface area contributed by atoms with Crippen LogP contribution in [0.5, 0.6) is 0 Å². The summed E-state index contributed by atoms with van der Waals surface area (Å²) in [7, 11) is 1.71. The van der Waals surface area contributed by atoms with Gasteiger partial charge in [0.2, 0.25) is 0 Å². The maximum absolute atomic E-state index is 10.3. The number of carboxylic acids is 1. The van der Waals surface area contributed by atoms with Crippen LogP contribution in [-0.4, -0.2) is 15.5 Å². The number of imidazole rings is 1. The summed E-state index contributed by atoms with van der Waals surface area (Å²) in [6.07, 6.45) is 2.99. The Morgan fingerprint density at radius 1 is 1.91 bits per heavy atom. The van der Waals surface area contributed by atoms with Crippen LogP contribution in [0.3, 0.4) is 0 Å². The molecule has 0 aliphatic heterocycles. The molecule has 5 heteroatoms. The second kappa shape index (κ2) is 2.71. The topological polar surface area (TPSA) is 85.6 Å². The lowest BCUT2D eigenvalue weighted by atomic mass is 10.2. The number of quaternary nitrogens is 1. The Hall–Kier alpha value is -1.36. The van der Waals surface area contributed by atoms with E-state index in [1.54, 1.807) is 11.6 Å². The summed E-state index contributed by atoms with van der Waals surface area (Å²) in [5, 5.41) is 10.3. The summed E-state index contributed by atoms with van der Waals surface area (Å²) in [6.45, 7) is 0. The maximum Gasteiger partial charge on any atom is 0.167 e. The highest BCUT2D eigenvalue weighted by atomic mass is 16.4. The van der Waals surface area contributed by atoms with Crippen molar-refractivity contribution in [1.82, 2.24) is 9.55 Å². The van der Waals surface area contributed by atoms with E-state index in [2.05, 4.69) is 10.7 Å². The average Bonchev–Trinajstić information content (AvgIpc) is 2.33. The highest BCUT2D eigenvalue weighted by Crippen LogP contribution is 2.03. The van der Waals surface area contributed by atoms with Gasteiger partial charge in [0, 0.05) is 7.05 Å². The third kappa shape index (κ3) is 1.38. The van der Waals surface area contributed by atoms with Gasteiger partial charge < -0.3 is 20.2 Å². The van der Waals surface area contributed by atoms with E-state index in [1.807, 2.05) is 0 Å². The second-order valence-corrected chi connectivity index (χ2v) is 2.30. The van der Waals surface area contributed by atoms with Crippen molar-refractivity contribution in [2.45, 2.75) is 6.04 Å². The number of hydrogen-bond donors (Lipinski definition) is 1. The normalized spacial score (nSPS) is 12.9. The molecule has 1 aromatic rings. The van der Waals surface area contributed by atoms with Crippen LogP contribution in [0.2, 0.25) is 0 Å². The van der Waals surface area contributed by atoms with Gasteiger partial charge in [0.05, 0.1) is 12.5 Å². The fourth-order valence-corrected chi connectivity index (χ4v) is 0.824. The van der Waals surface area contributed by atoms with Crippen molar-refractivity contribution < 1.29 is 15.6 Å². The van der Waals surface area contributed by atoms with E-state index in [0.29, 0.717) is 5.69 Å². The van der Waals surface area contributed by atoms with E-state index < -0.39 is 12.0 Å². The number of rotatable bonds is 2. The first-order valence-corrected chi connectivity index (χ1v) is 3.13. The number of carbonyl (C=O) groups is 1. The molecule has 0 fully saturated rings. The Morgan fingerprint density at radius 2 is 2.55 bits per heavy atom. The van der Waals surface area contributed by atoms with Crippen LogP contribution in [0.1, 0.15) is 11.7 Å². The molecule has 0 aliphatic rings. The van der Waals surface area contributed by atoms with Crippen LogP contribution >= 0.6 is 0 Å². The Kier molecular flexibility index (Phi) is 1.91. The van der Waals surface area contributed by atoms with Crippen LogP contribution in [0.4, 0.5) is 0 Å². The number of nitrogens with zero attached hydrogens (tertiary/aromatic N) is 2. The van der Waals surface area contributed by atoms with E-state index in [1.165, 1.54) is 12.5 Å². The van der Waals surface area contributed by atoms with Gasteiger partial charge in [-0.2, -0.15) is 0 Å². The second-order valence-electron chi connectivity index (χ2n) is 2.30. The van der Waals surface area contributed by atoms with Gasteiger partial charge in [0.15, 0.2) is 6.04 Å². The zero-order valence-corrected chi connectivity index (χ0v) is 6.15. The van der Waals surface area contributed by atoms with Gasteiger partial charge >= 0.3 is 0 Å². The van der Waals surface area contributed by atoms with Crippen molar-refractivity contribution >= 4 is 5.97 Å². The molecule has 0 aromatic carbocycles. The molecular formula is C6H9N3O2. The zero-order valence-electron chi connectivity index (χ0n) is 6.15. The molecule has 0 radical (unpaired) electrons. The molecule has 5 nitrogen and oxygen atoms in total. The molecule has 1 aromatic heterocycles. The third-order valence-electron chi connectivity index (χ3n) is 1.50. The minimum atomic E-state index is -1.19. The summed E-state index contributed by atoms with van der Waals surface area (Å²) >= 11 is 0. The fourth-order valence-electron chi connectivity index (χ4n) is 0.824. The first kappa shape index (κ1) is 7.74. The van der Waals surface area contributed by atoms with Gasteiger partial charge in [-0.05, 0) is 0 Å². The molecule has 1 atom stereocenters. The first-order chi connectivity index (χ1) is 5.13. The van der Waals surface area contributed by atoms with E-state index in [9.17, 15) is 9.90 Å². The van der Waals surface area contributed by atoms with Crippen molar-refractivity contribution in [3.63, 3.8) is 0 Å². The Bertz CT molecular complexity index is 269. The summed E-state index contributed by atoms with van der Waals surface area (Å²) < 4.78 is 1.60. The zero-order chi connectivity index (χ0) is 8.43. The number of hydrogen-bond acceptors (Lipinski definition) is 3. The van der Waals surface area contributed by atoms with Crippen molar-refractivity contribution in [3.05, 3.63) is 18.2 Å². The van der Waals surface area contributed by atoms with Gasteiger partial charge in [-0.1, -0.05) is 0 Å². The Labute approximate surface area is 63.5 Å². The SMILES string of the molecule is Cn1cncc1C([NH3+])C(=O)[O-]. The molecule has 0 saturated heterocycles. The minimum Gasteiger partial charge on any atom is -0.544 e. The molecule has 0 bridgehead atoms. The monoisotopic (exact) mass is 155 g/mol. The van der Waals surface area contributed by atoms with E-state index in [-0.39, 0.29) is 0 Å². The highest BCUT2D eigenvalue weighted by Gasteiger charge is 2.13. The quantitative estimate of drug-likeness (QED) is 0.510. The van der Waals surface area contributed by atoms with Crippen LogP contribution in [0.25, 0.3) is 0 Å². The molecule has 11 heavy (non-hydrogen) atoms. The molecule has 1 unspecified atom stereocenters. The predicted octanol–water partition coefficient (Wildman–Crippen LogP) is -2.55. The predicted molar refractivity (Wildman–Crippen MR) is 33.8 cm³/mol. The first-order valence-electron chi connectivity index (χ1n) is 3.13. The number of carbonyl (C=O) groups excluding carboxylic acids is 1. The lowest BCUT2D eigenvalue weighted by Crippen LogP contribution is -2.61. The van der Waals surface area contributed by atoms with Gasteiger partial charge in [0.1, 0.15) is 11.7 Å². The van der Waals surface area contributed by atoms with Crippen LogP contribution in [0, 0.1) is 0 Å². The Balaban J connectivity index is 2.92. The molecule has 3 N–H and O–H groups in total. The standard InChI is InChI=1S/C6H9N3O2/c1-9-3-8-2-4(9)5(7)6(10)11/h2-3,5H,7H2,1H3,(H,10,11). The van der Waals surface area contributed by atoms with Crippen molar-refractivity contribution in [1.29, 1.82) is 0 Å². The minimum absolute atomic E-state index is 0.546. The summed E-state index contributed by atoms with van der Waals surface area (Å²) in [5.74, 6) is -1.19. The molecule has 60 valence electrons. The molecule has 1 rings (SSSR count). The van der Waals surface area contributed by atoms with Gasteiger partial charge in [-0.3, -0.25) is 0 Å². The maximum atomic E-state index is 10.3. The molecule has 0 saturated carbocycles. The van der Waals surface area contributed by atoms with Crippen LogP contribution < -0.4 is 10.8 Å². The van der Waals surface area contributed by atoms with E-state index in [4.69, 9.17) is 0 Å². The van der Waals surface area contributed by atoms with E-state index >= 15 is 0 Å². The number of carboxylic acid groups (broad SMARTS) is 1. The largest absolute Gasteiger partial charge is 0.544 e. The summed E-state index contributed by atoms with van der Waals surface area (Å²) in [6, 6.07) is -0.845. The van der Waals surface area contributed by atoms with Crippen molar-refractivity contribution in [2.75, 3.05) is 0 Å². The Morgan fingerprint density at radius 3 is 2.91 bits per heavy atom. The fraction of sp³-hybridized carbons (Fsp3) is 0.333. The summed E-state index contributed by atoms with van der Waals surface area (Å²) in [5.41, 5.74) is 3.96. The number of aliphatic carboxylic acids is 1. The third-order valence-corrected chi connectivity index (χ3v) is 1.50. The highest BCUT2D eigenvalue weighted by molar-refractivity contribution is 5.70.